The first kappa shape index (κ1) is 19.5. The molecule has 0 heterocycles. The summed E-state index contributed by atoms with van der Waals surface area (Å²) < 4.78 is 31.0. The Balaban J connectivity index is 1.61. The standard InChI is InChI=1S/C18H25N3O5S/c1-19-18(23)26-9-4-10-27(24,25)21-17(22)20-16-14-7-2-5-12(14)11-13-6-3-8-15(13)16/h11H,2-10H2,1H3,(H,19,23)(H2,20,21,22). The number of urea groups is 1. The van der Waals surface area contributed by atoms with Crippen LogP contribution in [-0.2, 0) is 40.4 Å². The molecule has 0 spiro atoms. The van der Waals surface area contributed by atoms with E-state index in [1.54, 1.807) is 0 Å². The van der Waals surface area contributed by atoms with Crippen LogP contribution in [-0.4, -0.2) is 39.9 Å². The minimum absolute atomic E-state index is 0.0398. The fourth-order valence-corrected chi connectivity index (χ4v) is 4.72. The van der Waals surface area contributed by atoms with E-state index in [4.69, 9.17) is 4.74 Å². The Hall–Kier alpha value is -2.29. The molecule has 8 nitrogen and oxygen atoms in total. The van der Waals surface area contributed by atoms with Crippen molar-refractivity contribution >= 4 is 27.8 Å². The summed E-state index contributed by atoms with van der Waals surface area (Å²) in [5, 5.41) is 5.06. The average molecular weight is 395 g/mol. The maximum Gasteiger partial charge on any atom is 0.406 e. The Bertz CT molecular complexity index is 819. The summed E-state index contributed by atoms with van der Waals surface area (Å²) in [6.45, 7) is -0.0398. The van der Waals surface area contributed by atoms with Crippen LogP contribution in [0, 0.1) is 0 Å². The van der Waals surface area contributed by atoms with Gasteiger partial charge in [-0.15, -0.1) is 0 Å². The predicted molar refractivity (Wildman–Crippen MR) is 101 cm³/mol. The molecule has 0 bridgehead atoms. The van der Waals surface area contributed by atoms with Crippen molar-refractivity contribution in [3.63, 3.8) is 0 Å². The van der Waals surface area contributed by atoms with E-state index in [1.165, 1.54) is 18.2 Å². The molecule has 0 atom stereocenters. The highest BCUT2D eigenvalue weighted by Crippen LogP contribution is 2.38. The third-order valence-corrected chi connectivity index (χ3v) is 6.28. The highest BCUT2D eigenvalue weighted by atomic mass is 32.2. The molecule has 148 valence electrons. The lowest BCUT2D eigenvalue weighted by molar-refractivity contribution is 0.148. The van der Waals surface area contributed by atoms with E-state index < -0.39 is 22.1 Å². The zero-order valence-corrected chi connectivity index (χ0v) is 16.2. The van der Waals surface area contributed by atoms with Crippen LogP contribution in [0.4, 0.5) is 15.3 Å². The number of ether oxygens (including phenoxy) is 1. The van der Waals surface area contributed by atoms with Crippen LogP contribution >= 0.6 is 0 Å². The number of sulfonamides is 1. The first-order valence-corrected chi connectivity index (χ1v) is 10.9. The number of hydrogen-bond donors (Lipinski definition) is 3. The highest BCUT2D eigenvalue weighted by Gasteiger charge is 2.25. The highest BCUT2D eigenvalue weighted by molar-refractivity contribution is 7.90. The number of amides is 3. The number of benzene rings is 1. The normalized spacial score (nSPS) is 15.0. The number of nitrogens with one attached hydrogen (secondary N) is 3. The number of rotatable bonds is 6. The van der Waals surface area contributed by atoms with Crippen molar-refractivity contribution in [2.45, 2.75) is 44.9 Å². The number of carbonyl (C=O) groups excluding carboxylic acids is 2. The van der Waals surface area contributed by atoms with Gasteiger partial charge >= 0.3 is 12.1 Å². The van der Waals surface area contributed by atoms with Crippen molar-refractivity contribution in [1.82, 2.24) is 10.0 Å². The van der Waals surface area contributed by atoms with E-state index in [0.717, 1.165) is 55.3 Å². The molecule has 0 unspecified atom stereocenters. The first-order chi connectivity index (χ1) is 12.9. The smallest absolute Gasteiger partial charge is 0.406 e. The van der Waals surface area contributed by atoms with Crippen LogP contribution in [0.5, 0.6) is 0 Å². The van der Waals surface area contributed by atoms with Gasteiger partial charge in [0.15, 0.2) is 0 Å². The quantitative estimate of drug-likeness (QED) is 0.636. The third-order valence-electron chi connectivity index (χ3n) is 4.95. The maximum absolute atomic E-state index is 12.3. The van der Waals surface area contributed by atoms with Gasteiger partial charge in [-0.1, -0.05) is 6.07 Å². The Kier molecular flexibility index (Phi) is 5.88. The molecular formula is C18H25N3O5S. The molecule has 9 heteroatoms. The number of hydrogen-bond acceptors (Lipinski definition) is 5. The second kappa shape index (κ2) is 8.16. The molecule has 3 amide bonds. The number of anilines is 1. The van der Waals surface area contributed by atoms with Crippen molar-refractivity contribution in [3.05, 3.63) is 28.3 Å². The van der Waals surface area contributed by atoms with Gasteiger partial charge < -0.3 is 15.4 Å². The van der Waals surface area contributed by atoms with Gasteiger partial charge in [-0.05, 0) is 67.2 Å². The zero-order valence-electron chi connectivity index (χ0n) is 15.4. The minimum atomic E-state index is -3.81. The number of carbonyl (C=O) groups is 2. The van der Waals surface area contributed by atoms with Gasteiger partial charge in [0.25, 0.3) is 0 Å². The average Bonchev–Trinajstić information content (AvgIpc) is 3.26. The Morgan fingerprint density at radius 1 is 1.07 bits per heavy atom. The van der Waals surface area contributed by atoms with Gasteiger partial charge in [-0.3, -0.25) is 0 Å². The van der Waals surface area contributed by atoms with Crippen LogP contribution < -0.4 is 15.4 Å². The summed E-state index contributed by atoms with van der Waals surface area (Å²) in [4.78, 5) is 23.3. The van der Waals surface area contributed by atoms with Crippen LogP contribution in [0.15, 0.2) is 6.07 Å². The van der Waals surface area contributed by atoms with Crippen LogP contribution in [0.1, 0.15) is 41.5 Å². The molecule has 2 aliphatic carbocycles. The van der Waals surface area contributed by atoms with Gasteiger partial charge in [0.05, 0.1) is 12.4 Å². The molecule has 0 saturated carbocycles. The molecule has 27 heavy (non-hydrogen) atoms. The summed E-state index contributed by atoms with van der Waals surface area (Å²) in [6, 6.07) is 1.51. The summed E-state index contributed by atoms with van der Waals surface area (Å²) in [6.07, 6.45) is 5.40. The molecule has 1 aromatic carbocycles. The molecule has 2 aliphatic rings. The molecule has 0 saturated heterocycles. The minimum Gasteiger partial charge on any atom is -0.450 e. The lowest BCUT2D eigenvalue weighted by atomic mass is 9.99. The maximum atomic E-state index is 12.3. The largest absolute Gasteiger partial charge is 0.450 e. The molecule has 3 N–H and O–H groups in total. The van der Waals surface area contributed by atoms with Crippen LogP contribution in [0.2, 0.25) is 0 Å². The van der Waals surface area contributed by atoms with Gasteiger partial charge in [-0.25, -0.2) is 22.7 Å². The van der Waals surface area contributed by atoms with E-state index in [0.29, 0.717) is 0 Å². The Labute approximate surface area is 159 Å². The summed E-state index contributed by atoms with van der Waals surface area (Å²) in [7, 11) is -2.39. The van der Waals surface area contributed by atoms with Gasteiger partial charge in [0.2, 0.25) is 10.0 Å². The molecule has 1 aromatic rings. The SMILES string of the molecule is CNC(=O)OCCCS(=O)(=O)NC(=O)Nc1c2c(cc3c1CCC3)CCC2. The Morgan fingerprint density at radius 2 is 1.70 bits per heavy atom. The second-order valence-corrected chi connectivity index (χ2v) is 8.69. The van der Waals surface area contributed by atoms with E-state index in [1.807, 2.05) is 0 Å². The van der Waals surface area contributed by atoms with E-state index in [-0.39, 0.29) is 18.8 Å². The molecule has 0 aliphatic heterocycles. The van der Waals surface area contributed by atoms with Crippen LogP contribution in [0.25, 0.3) is 0 Å². The predicted octanol–water partition coefficient (Wildman–Crippen LogP) is 1.86. The molecule has 0 fully saturated rings. The molecule has 0 radical (unpaired) electrons. The summed E-state index contributed by atoms with van der Waals surface area (Å²) >= 11 is 0. The molecule has 0 aromatic heterocycles. The van der Waals surface area contributed by atoms with Gasteiger partial charge in [0.1, 0.15) is 0 Å². The summed E-state index contributed by atoms with van der Waals surface area (Å²) in [5.74, 6) is -0.303. The lowest BCUT2D eigenvalue weighted by Crippen LogP contribution is -2.36. The zero-order chi connectivity index (χ0) is 19.4. The number of fused-ring (bicyclic) bond motifs is 2. The van der Waals surface area contributed by atoms with Gasteiger partial charge in [0, 0.05) is 12.7 Å². The number of alkyl carbamates (subject to hydrolysis) is 1. The number of aryl methyl sites for hydroxylation is 2. The van der Waals surface area contributed by atoms with Crippen molar-refractivity contribution in [1.29, 1.82) is 0 Å². The third kappa shape index (κ3) is 4.71. The monoisotopic (exact) mass is 395 g/mol. The first-order valence-electron chi connectivity index (χ1n) is 9.22. The van der Waals surface area contributed by atoms with E-state index in [9.17, 15) is 18.0 Å². The topological polar surface area (TPSA) is 114 Å². The van der Waals surface area contributed by atoms with Crippen molar-refractivity contribution in [2.24, 2.45) is 0 Å². The molecule has 3 rings (SSSR count). The molecular weight excluding hydrogens is 370 g/mol. The fraction of sp³-hybridized carbons (Fsp3) is 0.556. The Morgan fingerprint density at radius 3 is 2.30 bits per heavy atom. The van der Waals surface area contributed by atoms with Crippen molar-refractivity contribution in [3.8, 4) is 0 Å². The van der Waals surface area contributed by atoms with E-state index >= 15 is 0 Å². The van der Waals surface area contributed by atoms with E-state index in [2.05, 4.69) is 21.4 Å². The lowest BCUT2D eigenvalue weighted by Gasteiger charge is -2.16. The van der Waals surface area contributed by atoms with Crippen molar-refractivity contribution in [2.75, 3.05) is 24.7 Å². The van der Waals surface area contributed by atoms with Crippen LogP contribution in [0.3, 0.4) is 0 Å². The van der Waals surface area contributed by atoms with Crippen molar-refractivity contribution < 1.29 is 22.7 Å². The summed E-state index contributed by atoms with van der Waals surface area (Å²) in [5.41, 5.74) is 5.61. The fourth-order valence-electron chi connectivity index (χ4n) is 3.78. The van der Waals surface area contributed by atoms with Gasteiger partial charge in [-0.2, -0.15) is 0 Å². The second-order valence-electron chi connectivity index (χ2n) is 6.85.